The van der Waals surface area contributed by atoms with Crippen LogP contribution in [0.1, 0.15) is 12.8 Å². The molecule has 2 bridgehead atoms. The minimum absolute atomic E-state index is 0.856. The summed E-state index contributed by atoms with van der Waals surface area (Å²) in [5.74, 6) is 0.912. The molecule has 0 saturated carbocycles. The van der Waals surface area contributed by atoms with Gasteiger partial charge in [0.25, 0.3) is 0 Å². The van der Waals surface area contributed by atoms with Crippen molar-refractivity contribution < 1.29 is 4.90 Å². The van der Waals surface area contributed by atoms with Gasteiger partial charge in [0.05, 0.1) is 13.6 Å². The second-order valence-corrected chi connectivity index (χ2v) is 3.38. The van der Waals surface area contributed by atoms with Gasteiger partial charge in [0, 0.05) is 12.3 Å². The summed E-state index contributed by atoms with van der Waals surface area (Å²) in [6, 6.07) is 0.856. The Morgan fingerprint density at radius 3 is 2.44 bits per heavy atom. The first-order valence-electron chi connectivity index (χ1n) is 3.87. The van der Waals surface area contributed by atoms with Crippen molar-refractivity contribution in [2.45, 2.75) is 18.9 Å². The predicted octanol–water partition coefficient (Wildman–Crippen LogP) is -0.150. The maximum absolute atomic E-state index is 2.40. The van der Waals surface area contributed by atoms with Gasteiger partial charge in [-0.1, -0.05) is 6.08 Å². The fourth-order valence-corrected chi connectivity index (χ4v) is 2.02. The summed E-state index contributed by atoms with van der Waals surface area (Å²) in [6.07, 6.45) is 7.67. The molecule has 0 aromatic heterocycles. The van der Waals surface area contributed by atoms with E-state index in [0.717, 1.165) is 12.0 Å². The molecule has 1 heteroatoms. The summed E-state index contributed by atoms with van der Waals surface area (Å²) in [4.78, 5) is 1.72. The average molecular weight is 124 g/mol. The fraction of sp³-hybridized carbons (Fsp3) is 0.750. The van der Waals surface area contributed by atoms with Crippen molar-refractivity contribution in [3.63, 3.8) is 0 Å². The molecular formula is C8H14N+. The Morgan fingerprint density at radius 2 is 2.22 bits per heavy atom. The van der Waals surface area contributed by atoms with Crippen LogP contribution in [0.25, 0.3) is 0 Å². The van der Waals surface area contributed by atoms with E-state index >= 15 is 0 Å². The van der Waals surface area contributed by atoms with Gasteiger partial charge in [0.15, 0.2) is 0 Å². The topological polar surface area (TPSA) is 4.44 Å². The standard InChI is InChI=1S/C8H13N/c1-9-6-7-2-4-8(9)5-3-7/h2,4,7-8H,3,5-6H2,1H3/p+1/t7-,8+/m0/s1. The Balaban J connectivity index is 2.20. The van der Waals surface area contributed by atoms with Crippen molar-refractivity contribution in [2.75, 3.05) is 13.6 Å². The Labute approximate surface area is 56.4 Å². The highest BCUT2D eigenvalue weighted by atomic mass is 15.1. The van der Waals surface area contributed by atoms with Crippen LogP contribution in [0.15, 0.2) is 12.2 Å². The second kappa shape index (κ2) is 1.84. The third-order valence-corrected chi connectivity index (χ3v) is 2.68. The maximum Gasteiger partial charge on any atom is 0.106 e. The first-order valence-corrected chi connectivity index (χ1v) is 3.87. The van der Waals surface area contributed by atoms with E-state index < -0.39 is 0 Å². The van der Waals surface area contributed by atoms with E-state index in [1.54, 1.807) is 4.90 Å². The van der Waals surface area contributed by atoms with Crippen LogP contribution >= 0.6 is 0 Å². The molecule has 9 heavy (non-hydrogen) atoms. The Bertz CT molecular complexity index is 140. The Hall–Kier alpha value is -0.300. The average Bonchev–Trinajstić information content (AvgIpc) is 1.90. The van der Waals surface area contributed by atoms with E-state index in [2.05, 4.69) is 19.2 Å². The lowest BCUT2D eigenvalue weighted by Crippen LogP contribution is -3.15. The van der Waals surface area contributed by atoms with Crippen LogP contribution in [0.4, 0.5) is 0 Å². The summed E-state index contributed by atoms with van der Waals surface area (Å²) >= 11 is 0. The second-order valence-electron chi connectivity index (χ2n) is 3.38. The van der Waals surface area contributed by atoms with E-state index in [1.165, 1.54) is 19.4 Å². The van der Waals surface area contributed by atoms with Crippen molar-refractivity contribution in [3.05, 3.63) is 12.2 Å². The monoisotopic (exact) mass is 124 g/mol. The highest BCUT2D eigenvalue weighted by Gasteiger charge is 2.29. The van der Waals surface area contributed by atoms with Gasteiger partial charge >= 0.3 is 0 Å². The van der Waals surface area contributed by atoms with Gasteiger partial charge < -0.3 is 4.90 Å². The smallest absolute Gasteiger partial charge is 0.106 e. The predicted molar refractivity (Wildman–Crippen MR) is 37.4 cm³/mol. The molecule has 50 valence electrons. The van der Waals surface area contributed by atoms with Crippen molar-refractivity contribution in [1.82, 2.24) is 0 Å². The van der Waals surface area contributed by atoms with Gasteiger partial charge in [0.1, 0.15) is 6.04 Å². The first-order chi connectivity index (χ1) is 4.36. The minimum atomic E-state index is 0.856. The summed E-state index contributed by atoms with van der Waals surface area (Å²) in [5.41, 5.74) is 0. The molecule has 0 spiro atoms. The van der Waals surface area contributed by atoms with Gasteiger partial charge in [-0.05, 0) is 12.5 Å². The number of piperidine rings is 1. The summed E-state index contributed by atoms with van der Waals surface area (Å²) in [6.45, 7) is 1.38. The molecule has 1 aliphatic carbocycles. The molecule has 3 aliphatic rings. The molecule has 2 aliphatic heterocycles. The summed E-state index contributed by atoms with van der Waals surface area (Å²) < 4.78 is 0. The largest absolute Gasteiger partial charge is 0.331 e. The summed E-state index contributed by atoms with van der Waals surface area (Å²) in [5, 5.41) is 0. The lowest BCUT2D eigenvalue weighted by molar-refractivity contribution is -0.909. The van der Waals surface area contributed by atoms with Crippen LogP contribution in [0, 0.1) is 5.92 Å². The van der Waals surface area contributed by atoms with Gasteiger partial charge in [0.2, 0.25) is 0 Å². The van der Waals surface area contributed by atoms with E-state index in [9.17, 15) is 0 Å². The molecule has 0 aromatic rings. The number of quaternary nitrogens is 1. The molecule has 1 unspecified atom stereocenters. The zero-order valence-electron chi connectivity index (χ0n) is 5.93. The molecule has 1 nitrogen and oxygen atoms in total. The maximum atomic E-state index is 2.40. The van der Waals surface area contributed by atoms with Crippen molar-refractivity contribution in [1.29, 1.82) is 0 Å². The molecule has 1 fully saturated rings. The normalized spacial score (nSPS) is 47.9. The molecule has 3 atom stereocenters. The van der Waals surface area contributed by atoms with Crippen molar-refractivity contribution >= 4 is 0 Å². The number of rotatable bonds is 0. The highest BCUT2D eigenvalue weighted by molar-refractivity contribution is 5.01. The highest BCUT2D eigenvalue weighted by Crippen LogP contribution is 2.18. The molecule has 2 heterocycles. The van der Waals surface area contributed by atoms with Crippen molar-refractivity contribution in [3.8, 4) is 0 Å². The number of likely N-dealkylation sites (N-methyl/N-ethyl adjacent to an activating group) is 1. The van der Waals surface area contributed by atoms with E-state index in [0.29, 0.717) is 0 Å². The quantitative estimate of drug-likeness (QED) is 0.428. The fourth-order valence-electron chi connectivity index (χ4n) is 2.02. The number of fused-ring (bicyclic) bond motifs is 2. The van der Waals surface area contributed by atoms with Gasteiger partial charge in [-0.15, -0.1) is 0 Å². The van der Waals surface area contributed by atoms with Crippen LogP contribution in [-0.4, -0.2) is 19.6 Å². The lowest BCUT2D eigenvalue weighted by Gasteiger charge is -2.35. The van der Waals surface area contributed by atoms with Crippen LogP contribution in [-0.2, 0) is 0 Å². The molecule has 3 rings (SSSR count). The van der Waals surface area contributed by atoms with Gasteiger partial charge in [-0.3, -0.25) is 0 Å². The lowest BCUT2D eigenvalue weighted by atomic mass is 9.87. The number of hydrogen-bond acceptors (Lipinski definition) is 0. The summed E-state index contributed by atoms with van der Waals surface area (Å²) in [7, 11) is 2.31. The zero-order chi connectivity index (χ0) is 6.27. The van der Waals surface area contributed by atoms with E-state index in [4.69, 9.17) is 0 Å². The van der Waals surface area contributed by atoms with Crippen LogP contribution in [0.3, 0.4) is 0 Å². The third kappa shape index (κ3) is 0.799. The molecule has 1 N–H and O–H groups in total. The Morgan fingerprint density at radius 1 is 1.33 bits per heavy atom. The SMILES string of the molecule is C[NH+]1C[C@H]2C=C[C@@H]1CC2. The van der Waals surface area contributed by atoms with Crippen LogP contribution in [0.5, 0.6) is 0 Å². The number of nitrogens with one attached hydrogen (secondary N) is 1. The van der Waals surface area contributed by atoms with Crippen LogP contribution in [0.2, 0.25) is 0 Å². The Kier molecular flexibility index (Phi) is 1.12. The van der Waals surface area contributed by atoms with Crippen LogP contribution < -0.4 is 4.90 Å². The molecule has 1 saturated heterocycles. The molecular weight excluding hydrogens is 110 g/mol. The van der Waals surface area contributed by atoms with Gasteiger partial charge in [-0.2, -0.15) is 0 Å². The molecule has 0 radical (unpaired) electrons. The van der Waals surface area contributed by atoms with E-state index in [1.807, 2.05) is 0 Å². The minimum Gasteiger partial charge on any atom is -0.331 e. The molecule has 0 aromatic carbocycles. The third-order valence-electron chi connectivity index (χ3n) is 2.68. The number of hydrogen-bond donors (Lipinski definition) is 1. The zero-order valence-corrected chi connectivity index (χ0v) is 5.93. The molecule has 0 amide bonds. The van der Waals surface area contributed by atoms with Crippen molar-refractivity contribution in [2.24, 2.45) is 5.92 Å². The van der Waals surface area contributed by atoms with Gasteiger partial charge in [-0.25, -0.2) is 0 Å². The first kappa shape index (κ1) is 5.48. The van der Waals surface area contributed by atoms with E-state index in [-0.39, 0.29) is 0 Å².